The smallest absolute Gasteiger partial charge is 0.268 e. The van der Waals surface area contributed by atoms with Crippen LogP contribution in [-0.4, -0.2) is 57.7 Å². The van der Waals surface area contributed by atoms with E-state index < -0.39 is 0 Å². The fourth-order valence-corrected chi connectivity index (χ4v) is 6.31. The molecule has 0 amide bonds. The average molecular weight is 302 g/mol. The molecule has 3 aliphatic heterocycles. The van der Waals surface area contributed by atoms with Gasteiger partial charge in [0.1, 0.15) is 0 Å². The van der Waals surface area contributed by atoms with Gasteiger partial charge in [0.2, 0.25) is 0 Å². The quantitative estimate of drug-likeness (QED) is 0.751. The molecule has 1 N–H and O–H groups in total. The van der Waals surface area contributed by atoms with Crippen LogP contribution in [-0.2, 0) is 11.5 Å². The van der Waals surface area contributed by atoms with Gasteiger partial charge in [0, 0.05) is 39.3 Å². The van der Waals surface area contributed by atoms with Crippen molar-refractivity contribution >= 4 is 11.5 Å². The second-order valence-electron chi connectivity index (χ2n) is 6.21. The molecular weight excluding hydrogens is 270 g/mol. The van der Waals surface area contributed by atoms with Crippen molar-refractivity contribution in [2.24, 2.45) is 0 Å². The predicted molar refractivity (Wildman–Crippen MR) is 85.6 cm³/mol. The van der Waals surface area contributed by atoms with Gasteiger partial charge in [-0.05, 0) is 38.5 Å². The molecule has 0 aromatic carbocycles. The minimum atomic E-state index is 0. The van der Waals surface area contributed by atoms with Crippen LogP contribution in [0.25, 0.3) is 0 Å². The lowest BCUT2D eigenvalue weighted by Crippen LogP contribution is -2.56. The maximum Gasteiger partial charge on any atom is 0.268 e. The Bertz CT molecular complexity index is 219. The zero-order valence-corrected chi connectivity index (χ0v) is 13.6. The van der Waals surface area contributed by atoms with Crippen LogP contribution in [0.5, 0.6) is 0 Å². The van der Waals surface area contributed by atoms with Gasteiger partial charge in [-0.25, -0.2) is 0 Å². The van der Waals surface area contributed by atoms with Crippen LogP contribution in [0, 0.1) is 0 Å². The molecule has 0 bridgehead atoms. The lowest BCUT2D eigenvalue weighted by Gasteiger charge is -2.37. The van der Waals surface area contributed by atoms with Crippen LogP contribution >= 0.6 is 0 Å². The van der Waals surface area contributed by atoms with E-state index in [-0.39, 0.29) is 5.48 Å². The lowest BCUT2D eigenvalue weighted by atomic mass is 10.2. The first kappa shape index (κ1) is 16.6. The highest BCUT2D eigenvalue weighted by atomic mass is 32.2. The Morgan fingerprint density at radius 1 is 0.400 bits per heavy atom. The highest BCUT2D eigenvalue weighted by Gasteiger charge is 2.44. The van der Waals surface area contributed by atoms with Crippen molar-refractivity contribution in [3.8, 4) is 0 Å². The molecule has 20 heavy (non-hydrogen) atoms. The maximum absolute atomic E-state index is 2.82. The zero-order chi connectivity index (χ0) is 12.9. The summed E-state index contributed by atoms with van der Waals surface area (Å²) in [5.41, 5.74) is 0. The summed E-state index contributed by atoms with van der Waals surface area (Å²) in [6.07, 6.45) is 12.9. The minimum absolute atomic E-state index is 0. The van der Waals surface area contributed by atoms with Gasteiger partial charge >= 0.3 is 0 Å². The van der Waals surface area contributed by atoms with Gasteiger partial charge in [-0.2, -0.15) is 0 Å². The van der Waals surface area contributed by atoms with Crippen LogP contribution in [0.4, 0.5) is 0 Å². The summed E-state index contributed by atoms with van der Waals surface area (Å²) in [4.78, 5) is 0. The van der Waals surface area contributed by atoms with Crippen molar-refractivity contribution in [3.63, 3.8) is 0 Å². The number of hydrogen-bond acceptors (Lipinski definition) is 4. The fraction of sp³-hybridized carbons (Fsp3) is 1.00. The second-order valence-corrected chi connectivity index (χ2v) is 8.25. The SMILES string of the molecule is C1CCN([S+](N2CCCCC2)N2CCCCC2)CC1.[OH-]. The van der Waals surface area contributed by atoms with Crippen LogP contribution in [0.3, 0.4) is 0 Å². The fourth-order valence-electron chi connectivity index (χ4n) is 3.57. The molecular formula is C15H31N3OS. The first-order chi connectivity index (χ1) is 9.45. The zero-order valence-electron chi connectivity index (χ0n) is 12.8. The second kappa shape index (κ2) is 8.59. The van der Waals surface area contributed by atoms with Crippen LogP contribution in [0.2, 0.25) is 0 Å². The third-order valence-corrected chi connectivity index (χ3v) is 7.12. The highest BCUT2D eigenvalue weighted by molar-refractivity contribution is 7.90. The molecule has 0 aliphatic carbocycles. The molecule has 0 radical (unpaired) electrons. The molecule has 4 nitrogen and oxygen atoms in total. The van der Waals surface area contributed by atoms with Crippen molar-refractivity contribution in [1.82, 2.24) is 12.9 Å². The van der Waals surface area contributed by atoms with Gasteiger partial charge in [-0.3, -0.25) is 0 Å². The van der Waals surface area contributed by atoms with E-state index in [2.05, 4.69) is 12.9 Å². The summed E-state index contributed by atoms with van der Waals surface area (Å²) in [5, 5.41) is 0. The van der Waals surface area contributed by atoms with Crippen molar-refractivity contribution in [3.05, 3.63) is 0 Å². The Labute approximate surface area is 127 Å². The summed E-state index contributed by atoms with van der Waals surface area (Å²) in [6.45, 7) is 8.06. The topological polar surface area (TPSA) is 39.7 Å². The van der Waals surface area contributed by atoms with E-state index in [1.165, 1.54) is 97.1 Å². The van der Waals surface area contributed by atoms with E-state index in [1.54, 1.807) is 0 Å². The van der Waals surface area contributed by atoms with E-state index in [4.69, 9.17) is 0 Å². The molecule has 0 aromatic rings. The first-order valence-electron chi connectivity index (χ1n) is 8.45. The van der Waals surface area contributed by atoms with Crippen LogP contribution in [0.1, 0.15) is 57.8 Å². The molecule has 0 unspecified atom stereocenters. The molecule has 0 saturated carbocycles. The van der Waals surface area contributed by atoms with E-state index in [9.17, 15) is 0 Å². The lowest BCUT2D eigenvalue weighted by molar-refractivity contribution is 0.268. The summed E-state index contributed by atoms with van der Waals surface area (Å²) in [6, 6.07) is 0. The van der Waals surface area contributed by atoms with Crippen molar-refractivity contribution in [2.45, 2.75) is 57.8 Å². The molecule has 3 fully saturated rings. The monoisotopic (exact) mass is 301 g/mol. The summed E-state index contributed by atoms with van der Waals surface area (Å²) in [7, 11) is 0. The summed E-state index contributed by atoms with van der Waals surface area (Å²) >= 11 is 0.316. The van der Waals surface area contributed by atoms with E-state index >= 15 is 0 Å². The first-order valence-corrected chi connectivity index (χ1v) is 9.54. The molecule has 118 valence electrons. The number of rotatable bonds is 3. The standard InChI is InChI=1S/C15H30N3S.H2O/c1-4-10-16(11-5-1)19(17-12-6-2-7-13-17)18-14-8-3-9-15-18;/h1-15H2;1H2/q+1;/p-1. The average Bonchev–Trinajstić information content (AvgIpc) is 2.51. The molecule has 0 spiro atoms. The molecule has 3 heterocycles. The van der Waals surface area contributed by atoms with Gasteiger partial charge in [0.15, 0.2) is 0 Å². The number of nitrogens with zero attached hydrogens (tertiary/aromatic N) is 3. The van der Waals surface area contributed by atoms with Crippen molar-refractivity contribution < 1.29 is 5.48 Å². The van der Waals surface area contributed by atoms with Gasteiger partial charge in [-0.1, -0.05) is 32.2 Å². The van der Waals surface area contributed by atoms with Gasteiger partial charge < -0.3 is 5.48 Å². The summed E-state index contributed by atoms with van der Waals surface area (Å²) in [5.74, 6) is 0. The van der Waals surface area contributed by atoms with E-state index in [0.29, 0.717) is 11.5 Å². The van der Waals surface area contributed by atoms with Crippen molar-refractivity contribution in [2.75, 3.05) is 39.3 Å². The third-order valence-electron chi connectivity index (χ3n) is 4.64. The Hall–Kier alpha value is 0.190. The van der Waals surface area contributed by atoms with E-state index in [0.717, 1.165) is 0 Å². The molecule has 5 heteroatoms. The molecule has 3 saturated heterocycles. The Balaban J connectivity index is 0.00000147. The Kier molecular flexibility index (Phi) is 7.11. The molecule has 0 atom stereocenters. The number of piperidine rings is 3. The normalized spacial score (nSPS) is 27.4. The minimum Gasteiger partial charge on any atom is -0.870 e. The van der Waals surface area contributed by atoms with Crippen molar-refractivity contribution in [1.29, 1.82) is 0 Å². The Morgan fingerprint density at radius 2 is 0.650 bits per heavy atom. The van der Waals surface area contributed by atoms with Gasteiger partial charge in [0.25, 0.3) is 11.5 Å². The molecule has 3 aliphatic rings. The molecule has 3 rings (SSSR count). The number of hydrogen-bond donors (Lipinski definition) is 0. The summed E-state index contributed by atoms with van der Waals surface area (Å²) < 4.78 is 8.46. The van der Waals surface area contributed by atoms with Crippen LogP contribution in [0.15, 0.2) is 0 Å². The third kappa shape index (κ3) is 4.10. The molecule has 0 aromatic heterocycles. The van der Waals surface area contributed by atoms with Gasteiger partial charge in [-0.15, -0.1) is 0 Å². The highest BCUT2D eigenvalue weighted by Crippen LogP contribution is 2.27. The largest absolute Gasteiger partial charge is 0.870 e. The van der Waals surface area contributed by atoms with Crippen LogP contribution < -0.4 is 0 Å². The predicted octanol–water partition coefficient (Wildman–Crippen LogP) is 2.63. The van der Waals surface area contributed by atoms with E-state index in [1.807, 2.05) is 0 Å². The Morgan fingerprint density at radius 3 is 0.900 bits per heavy atom. The van der Waals surface area contributed by atoms with Gasteiger partial charge in [0.05, 0.1) is 0 Å². The maximum atomic E-state index is 2.82.